The SMILES string of the molecule is [CH2]CC1=CC2C(C=C1F)OCC(=O)N2CC. The molecule has 1 saturated heterocycles. The summed E-state index contributed by atoms with van der Waals surface area (Å²) in [5.41, 5.74) is 0.554. The summed E-state index contributed by atoms with van der Waals surface area (Å²) in [5.74, 6) is -0.319. The molecule has 0 saturated carbocycles. The molecule has 0 aromatic rings. The van der Waals surface area contributed by atoms with E-state index in [9.17, 15) is 9.18 Å². The molecule has 1 aliphatic heterocycles. The van der Waals surface area contributed by atoms with Crippen LogP contribution in [-0.2, 0) is 9.53 Å². The van der Waals surface area contributed by atoms with E-state index in [1.54, 1.807) is 11.0 Å². The number of fused-ring (bicyclic) bond motifs is 1. The zero-order valence-electron chi connectivity index (χ0n) is 9.28. The maximum atomic E-state index is 13.5. The average Bonchev–Trinajstić information content (AvgIpc) is 2.28. The summed E-state index contributed by atoms with van der Waals surface area (Å²) >= 11 is 0. The minimum atomic E-state index is -0.354. The molecule has 1 amide bonds. The van der Waals surface area contributed by atoms with Crippen LogP contribution in [0.1, 0.15) is 13.3 Å². The Labute approximate surface area is 94.6 Å². The van der Waals surface area contributed by atoms with Crippen LogP contribution in [0.2, 0.25) is 0 Å². The van der Waals surface area contributed by atoms with Crippen molar-refractivity contribution < 1.29 is 13.9 Å². The van der Waals surface area contributed by atoms with Gasteiger partial charge in [0, 0.05) is 6.54 Å². The van der Waals surface area contributed by atoms with Crippen LogP contribution >= 0.6 is 0 Å². The number of hydrogen-bond donors (Lipinski definition) is 0. The fourth-order valence-corrected chi connectivity index (χ4v) is 2.15. The molecular formula is C12H15FNO2. The maximum absolute atomic E-state index is 13.5. The van der Waals surface area contributed by atoms with Gasteiger partial charge in [0.25, 0.3) is 0 Å². The van der Waals surface area contributed by atoms with Gasteiger partial charge in [0.15, 0.2) is 0 Å². The molecule has 0 bridgehead atoms. The first-order valence-corrected chi connectivity index (χ1v) is 5.46. The first-order chi connectivity index (χ1) is 7.67. The number of carbonyl (C=O) groups is 1. The van der Waals surface area contributed by atoms with Gasteiger partial charge in [-0.15, -0.1) is 0 Å². The number of morpholine rings is 1. The summed E-state index contributed by atoms with van der Waals surface area (Å²) in [6.45, 7) is 6.23. The average molecular weight is 224 g/mol. The number of halogens is 1. The van der Waals surface area contributed by atoms with Gasteiger partial charge < -0.3 is 9.64 Å². The van der Waals surface area contributed by atoms with E-state index in [1.165, 1.54) is 6.08 Å². The van der Waals surface area contributed by atoms with Crippen molar-refractivity contribution in [3.8, 4) is 0 Å². The molecule has 1 aliphatic carbocycles. The molecule has 2 atom stereocenters. The first-order valence-electron chi connectivity index (χ1n) is 5.46. The summed E-state index contributed by atoms with van der Waals surface area (Å²) in [5, 5.41) is 0. The Hall–Kier alpha value is -1.16. The molecule has 16 heavy (non-hydrogen) atoms. The lowest BCUT2D eigenvalue weighted by molar-refractivity contribution is -0.150. The standard InChI is InChI=1S/C12H15FNO2/c1-3-8-5-10-11(6-9(8)13)16-7-12(15)14(10)4-2/h5-6,10-11H,1,3-4,7H2,2H3. The second-order valence-corrected chi connectivity index (χ2v) is 3.90. The van der Waals surface area contributed by atoms with Crippen LogP contribution in [0.15, 0.2) is 23.6 Å². The van der Waals surface area contributed by atoms with Crippen molar-refractivity contribution in [2.24, 2.45) is 0 Å². The van der Waals surface area contributed by atoms with Gasteiger partial charge in [-0.05, 0) is 31.9 Å². The van der Waals surface area contributed by atoms with E-state index in [4.69, 9.17) is 4.74 Å². The maximum Gasteiger partial charge on any atom is 0.249 e. The highest BCUT2D eigenvalue weighted by Crippen LogP contribution is 2.29. The summed E-state index contributed by atoms with van der Waals surface area (Å²) in [6.07, 6.45) is 3.23. The molecule has 4 heteroatoms. The van der Waals surface area contributed by atoms with Crippen LogP contribution in [0.25, 0.3) is 0 Å². The lowest BCUT2D eigenvalue weighted by Gasteiger charge is -2.39. The zero-order chi connectivity index (χ0) is 11.7. The third-order valence-electron chi connectivity index (χ3n) is 3.02. The second kappa shape index (κ2) is 4.37. The third kappa shape index (κ3) is 1.78. The van der Waals surface area contributed by atoms with E-state index in [-0.39, 0.29) is 30.5 Å². The van der Waals surface area contributed by atoms with Crippen molar-refractivity contribution in [2.75, 3.05) is 13.2 Å². The number of rotatable bonds is 2. The minimum absolute atomic E-state index is 0.0341. The van der Waals surface area contributed by atoms with E-state index >= 15 is 0 Å². The van der Waals surface area contributed by atoms with Gasteiger partial charge in [-0.25, -0.2) is 4.39 Å². The Morgan fingerprint density at radius 3 is 3.00 bits per heavy atom. The van der Waals surface area contributed by atoms with Crippen LogP contribution in [0.4, 0.5) is 4.39 Å². The lowest BCUT2D eigenvalue weighted by Crippen LogP contribution is -2.53. The Morgan fingerprint density at radius 1 is 1.62 bits per heavy atom. The molecule has 1 radical (unpaired) electrons. The van der Waals surface area contributed by atoms with Gasteiger partial charge in [0.1, 0.15) is 18.5 Å². The van der Waals surface area contributed by atoms with Gasteiger partial charge in [0.05, 0.1) is 6.04 Å². The van der Waals surface area contributed by atoms with Crippen molar-refractivity contribution in [1.82, 2.24) is 4.90 Å². The molecular weight excluding hydrogens is 209 g/mol. The van der Waals surface area contributed by atoms with Crippen molar-refractivity contribution in [1.29, 1.82) is 0 Å². The number of likely N-dealkylation sites (N-methyl/N-ethyl adjacent to an activating group) is 1. The number of amides is 1. The predicted octanol–water partition coefficient (Wildman–Crippen LogP) is 1.62. The summed E-state index contributed by atoms with van der Waals surface area (Å²) in [7, 11) is 0. The van der Waals surface area contributed by atoms with E-state index in [0.717, 1.165) is 0 Å². The molecule has 2 aliphatic rings. The smallest absolute Gasteiger partial charge is 0.249 e. The largest absolute Gasteiger partial charge is 0.362 e. The number of carbonyl (C=O) groups excluding carboxylic acids is 1. The molecule has 2 unspecified atom stereocenters. The van der Waals surface area contributed by atoms with Gasteiger partial charge in [-0.3, -0.25) is 4.79 Å². The highest BCUT2D eigenvalue weighted by molar-refractivity contribution is 5.79. The molecule has 0 aromatic carbocycles. The second-order valence-electron chi connectivity index (χ2n) is 3.90. The van der Waals surface area contributed by atoms with Crippen LogP contribution in [0.5, 0.6) is 0 Å². The number of hydrogen-bond acceptors (Lipinski definition) is 2. The Morgan fingerprint density at radius 2 is 2.38 bits per heavy atom. The van der Waals surface area contributed by atoms with Gasteiger partial charge in [-0.1, -0.05) is 6.08 Å². The van der Waals surface area contributed by atoms with Crippen LogP contribution < -0.4 is 0 Å². The quantitative estimate of drug-likeness (QED) is 0.713. The number of allylic oxidation sites excluding steroid dienone is 2. The Balaban J connectivity index is 2.29. The van der Waals surface area contributed by atoms with E-state index in [2.05, 4.69) is 6.92 Å². The van der Waals surface area contributed by atoms with Crippen molar-refractivity contribution in [2.45, 2.75) is 25.5 Å². The topological polar surface area (TPSA) is 29.5 Å². The number of nitrogens with zero attached hydrogens (tertiary/aromatic N) is 1. The molecule has 0 spiro atoms. The molecule has 2 rings (SSSR count). The molecule has 1 heterocycles. The van der Waals surface area contributed by atoms with Crippen molar-refractivity contribution in [3.05, 3.63) is 30.5 Å². The molecule has 0 N–H and O–H groups in total. The van der Waals surface area contributed by atoms with Gasteiger partial charge in [0.2, 0.25) is 5.91 Å². The highest BCUT2D eigenvalue weighted by Gasteiger charge is 2.36. The Kier molecular flexibility index (Phi) is 3.10. The molecule has 1 fully saturated rings. The van der Waals surface area contributed by atoms with Crippen molar-refractivity contribution >= 4 is 5.91 Å². The van der Waals surface area contributed by atoms with E-state index in [0.29, 0.717) is 18.5 Å². The van der Waals surface area contributed by atoms with Crippen molar-refractivity contribution in [3.63, 3.8) is 0 Å². The summed E-state index contributed by atoms with van der Waals surface area (Å²) < 4.78 is 18.8. The lowest BCUT2D eigenvalue weighted by atomic mass is 9.95. The summed E-state index contributed by atoms with van der Waals surface area (Å²) in [4.78, 5) is 13.3. The van der Waals surface area contributed by atoms with Crippen LogP contribution in [0.3, 0.4) is 0 Å². The molecule has 3 nitrogen and oxygen atoms in total. The minimum Gasteiger partial charge on any atom is -0.362 e. The van der Waals surface area contributed by atoms with E-state index in [1.807, 2.05) is 6.92 Å². The number of ether oxygens (including phenoxy) is 1. The Bertz CT molecular complexity index is 362. The monoisotopic (exact) mass is 224 g/mol. The van der Waals surface area contributed by atoms with Gasteiger partial charge >= 0.3 is 0 Å². The fraction of sp³-hybridized carbons (Fsp3) is 0.500. The van der Waals surface area contributed by atoms with E-state index < -0.39 is 0 Å². The third-order valence-corrected chi connectivity index (χ3v) is 3.02. The van der Waals surface area contributed by atoms with Crippen LogP contribution in [0, 0.1) is 6.92 Å². The van der Waals surface area contributed by atoms with Gasteiger partial charge in [-0.2, -0.15) is 0 Å². The predicted molar refractivity (Wildman–Crippen MR) is 58.2 cm³/mol. The zero-order valence-corrected chi connectivity index (χ0v) is 9.28. The summed E-state index contributed by atoms with van der Waals surface area (Å²) in [6, 6.07) is -0.178. The molecule has 87 valence electrons. The first kappa shape index (κ1) is 11.3. The fourth-order valence-electron chi connectivity index (χ4n) is 2.15. The highest BCUT2D eigenvalue weighted by atomic mass is 19.1. The molecule has 0 aromatic heterocycles. The normalized spacial score (nSPS) is 29.7. The van der Waals surface area contributed by atoms with Crippen LogP contribution in [-0.4, -0.2) is 36.1 Å².